The molecule has 1 aliphatic heterocycles. The second-order valence-electron chi connectivity index (χ2n) is 5.36. The standard InChI is InChI=1S/C11H23N3O/c1-11(2,8-12)6-10(15)13-9-4-5-14(3)7-9/h9H,4-8,12H2,1-3H3,(H,13,15). The Morgan fingerprint density at radius 3 is 2.73 bits per heavy atom. The zero-order chi connectivity index (χ0) is 11.5. The quantitative estimate of drug-likeness (QED) is 0.700. The van der Waals surface area contributed by atoms with Crippen molar-refractivity contribution in [3.63, 3.8) is 0 Å². The van der Waals surface area contributed by atoms with Crippen LogP contribution in [0.2, 0.25) is 0 Å². The highest BCUT2D eigenvalue weighted by Crippen LogP contribution is 2.18. The summed E-state index contributed by atoms with van der Waals surface area (Å²) in [6.07, 6.45) is 1.58. The number of likely N-dealkylation sites (N-methyl/N-ethyl adjacent to an activating group) is 1. The molecule has 1 rings (SSSR count). The molecule has 15 heavy (non-hydrogen) atoms. The Bertz CT molecular complexity index is 228. The van der Waals surface area contributed by atoms with Crippen molar-refractivity contribution in [1.29, 1.82) is 0 Å². The highest BCUT2D eigenvalue weighted by atomic mass is 16.1. The van der Waals surface area contributed by atoms with E-state index in [1.54, 1.807) is 0 Å². The van der Waals surface area contributed by atoms with E-state index < -0.39 is 0 Å². The number of carbonyl (C=O) groups excluding carboxylic acids is 1. The molecule has 0 aromatic heterocycles. The fourth-order valence-electron chi connectivity index (χ4n) is 1.84. The first kappa shape index (κ1) is 12.5. The Hall–Kier alpha value is -0.610. The van der Waals surface area contributed by atoms with Gasteiger partial charge in [0.2, 0.25) is 5.91 Å². The van der Waals surface area contributed by atoms with Crippen LogP contribution in [0.15, 0.2) is 0 Å². The molecule has 1 atom stereocenters. The van der Waals surface area contributed by atoms with Crippen molar-refractivity contribution >= 4 is 5.91 Å². The van der Waals surface area contributed by atoms with Crippen molar-refractivity contribution in [2.45, 2.75) is 32.7 Å². The number of nitrogens with one attached hydrogen (secondary N) is 1. The fourth-order valence-corrected chi connectivity index (χ4v) is 1.84. The summed E-state index contributed by atoms with van der Waals surface area (Å²) in [4.78, 5) is 13.9. The molecule has 0 aromatic rings. The smallest absolute Gasteiger partial charge is 0.220 e. The summed E-state index contributed by atoms with van der Waals surface area (Å²) in [5.41, 5.74) is 5.51. The maximum Gasteiger partial charge on any atom is 0.220 e. The van der Waals surface area contributed by atoms with Gasteiger partial charge in [0.15, 0.2) is 0 Å². The molecule has 1 heterocycles. The van der Waals surface area contributed by atoms with Gasteiger partial charge in [-0.15, -0.1) is 0 Å². The van der Waals surface area contributed by atoms with E-state index in [0.717, 1.165) is 19.5 Å². The van der Waals surface area contributed by atoms with Crippen LogP contribution in [0, 0.1) is 5.41 Å². The predicted molar refractivity (Wildman–Crippen MR) is 61.5 cm³/mol. The van der Waals surface area contributed by atoms with E-state index in [1.807, 2.05) is 13.8 Å². The lowest BCUT2D eigenvalue weighted by atomic mass is 9.89. The summed E-state index contributed by atoms with van der Waals surface area (Å²) in [6.45, 7) is 6.63. The Kier molecular flexibility index (Phi) is 4.11. The van der Waals surface area contributed by atoms with Crippen molar-refractivity contribution in [2.75, 3.05) is 26.7 Å². The molecule has 0 saturated carbocycles. The molecule has 1 saturated heterocycles. The van der Waals surface area contributed by atoms with Crippen LogP contribution in [0.5, 0.6) is 0 Å². The van der Waals surface area contributed by atoms with Gasteiger partial charge in [0.1, 0.15) is 0 Å². The first-order chi connectivity index (χ1) is 6.93. The van der Waals surface area contributed by atoms with E-state index in [-0.39, 0.29) is 11.3 Å². The van der Waals surface area contributed by atoms with Gasteiger partial charge in [-0.25, -0.2) is 0 Å². The molecule has 1 amide bonds. The van der Waals surface area contributed by atoms with E-state index in [9.17, 15) is 4.79 Å². The minimum atomic E-state index is -0.0887. The molecular weight excluding hydrogens is 190 g/mol. The van der Waals surface area contributed by atoms with Crippen LogP contribution in [0.25, 0.3) is 0 Å². The lowest BCUT2D eigenvalue weighted by molar-refractivity contribution is -0.123. The maximum atomic E-state index is 11.7. The molecule has 0 aromatic carbocycles. The minimum absolute atomic E-state index is 0.0887. The van der Waals surface area contributed by atoms with Gasteiger partial charge in [0.05, 0.1) is 0 Å². The van der Waals surface area contributed by atoms with E-state index in [2.05, 4.69) is 17.3 Å². The molecule has 3 N–H and O–H groups in total. The van der Waals surface area contributed by atoms with E-state index in [0.29, 0.717) is 19.0 Å². The third-order valence-electron chi connectivity index (χ3n) is 2.95. The van der Waals surface area contributed by atoms with Gasteiger partial charge in [-0.1, -0.05) is 13.8 Å². The Balaban J connectivity index is 2.30. The zero-order valence-electron chi connectivity index (χ0n) is 10.0. The number of hydrogen-bond donors (Lipinski definition) is 2. The molecule has 1 aliphatic rings. The molecular formula is C11H23N3O. The highest BCUT2D eigenvalue weighted by Gasteiger charge is 2.24. The van der Waals surface area contributed by atoms with Gasteiger partial charge in [-0.2, -0.15) is 0 Å². The van der Waals surface area contributed by atoms with Gasteiger partial charge in [-0.05, 0) is 32.0 Å². The highest BCUT2D eigenvalue weighted by molar-refractivity contribution is 5.77. The monoisotopic (exact) mass is 213 g/mol. The summed E-state index contributed by atoms with van der Waals surface area (Å²) in [5, 5.41) is 3.06. The van der Waals surface area contributed by atoms with Crippen LogP contribution in [-0.2, 0) is 4.79 Å². The van der Waals surface area contributed by atoms with Gasteiger partial charge >= 0.3 is 0 Å². The molecule has 0 aliphatic carbocycles. The first-order valence-electron chi connectivity index (χ1n) is 5.61. The van der Waals surface area contributed by atoms with E-state index in [1.165, 1.54) is 0 Å². The maximum absolute atomic E-state index is 11.7. The van der Waals surface area contributed by atoms with Crippen LogP contribution in [0.1, 0.15) is 26.7 Å². The van der Waals surface area contributed by atoms with E-state index >= 15 is 0 Å². The number of hydrogen-bond acceptors (Lipinski definition) is 3. The largest absolute Gasteiger partial charge is 0.352 e. The summed E-state index contributed by atoms with van der Waals surface area (Å²) < 4.78 is 0. The minimum Gasteiger partial charge on any atom is -0.352 e. The summed E-state index contributed by atoms with van der Waals surface area (Å²) in [5.74, 6) is 0.130. The number of rotatable bonds is 4. The van der Waals surface area contributed by atoms with Gasteiger partial charge < -0.3 is 16.0 Å². The zero-order valence-corrected chi connectivity index (χ0v) is 10.0. The molecule has 1 fully saturated rings. The fraction of sp³-hybridized carbons (Fsp3) is 0.909. The van der Waals surface area contributed by atoms with Gasteiger partial charge in [0, 0.05) is 19.0 Å². The number of amides is 1. The summed E-state index contributed by atoms with van der Waals surface area (Å²) >= 11 is 0. The SMILES string of the molecule is CN1CCC(NC(=O)CC(C)(C)CN)C1. The first-order valence-corrected chi connectivity index (χ1v) is 5.61. The second-order valence-corrected chi connectivity index (χ2v) is 5.36. The van der Waals surface area contributed by atoms with Crippen LogP contribution in [-0.4, -0.2) is 43.5 Å². The van der Waals surface area contributed by atoms with Crippen molar-refractivity contribution in [1.82, 2.24) is 10.2 Å². The number of likely N-dealkylation sites (tertiary alicyclic amines) is 1. The number of nitrogens with two attached hydrogens (primary N) is 1. The summed E-state index contributed by atoms with van der Waals surface area (Å²) in [6, 6.07) is 0.330. The van der Waals surface area contributed by atoms with Crippen LogP contribution in [0.3, 0.4) is 0 Å². The van der Waals surface area contributed by atoms with Crippen LogP contribution >= 0.6 is 0 Å². The van der Waals surface area contributed by atoms with Crippen LogP contribution < -0.4 is 11.1 Å². The topological polar surface area (TPSA) is 58.4 Å². The lowest BCUT2D eigenvalue weighted by Crippen LogP contribution is -2.39. The number of nitrogens with zero attached hydrogens (tertiary/aromatic N) is 1. The molecule has 0 radical (unpaired) electrons. The van der Waals surface area contributed by atoms with Gasteiger partial charge in [0.25, 0.3) is 0 Å². The van der Waals surface area contributed by atoms with Crippen molar-refractivity contribution < 1.29 is 4.79 Å². The average Bonchev–Trinajstić information content (AvgIpc) is 2.50. The Morgan fingerprint density at radius 2 is 2.27 bits per heavy atom. The Labute approximate surface area is 92.2 Å². The third-order valence-corrected chi connectivity index (χ3v) is 2.95. The average molecular weight is 213 g/mol. The molecule has 0 bridgehead atoms. The van der Waals surface area contributed by atoms with Gasteiger partial charge in [-0.3, -0.25) is 4.79 Å². The molecule has 88 valence electrons. The van der Waals surface area contributed by atoms with Crippen LogP contribution in [0.4, 0.5) is 0 Å². The van der Waals surface area contributed by atoms with Crippen molar-refractivity contribution in [3.8, 4) is 0 Å². The van der Waals surface area contributed by atoms with Crippen molar-refractivity contribution in [2.24, 2.45) is 11.1 Å². The predicted octanol–water partition coefficient (Wildman–Crippen LogP) is 0.182. The third kappa shape index (κ3) is 4.18. The lowest BCUT2D eigenvalue weighted by Gasteiger charge is -2.22. The Morgan fingerprint density at radius 1 is 1.60 bits per heavy atom. The normalized spacial score (nSPS) is 23.1. The number of carbonyl (C=O) groups is 1. The molecule has 4 nitrogen and oxygen atoms in total. The van der Waals surface area contributed by atoms with E-state index in [4.69, 9.17) is 5.73 Å². The molecule has 4 heteroatoms. The van der Waals surface area contributed by atoms with Crippen molar-refractivity contribution in [3.05, 3.63) is 0 Å². The second kappa shape index (κ2) is 4.94. The molecule has 0 spiro atoms. The molecule has 1 unspecified atom stereocenters. The summed E-state index contributed by atoms with van der Waals surface area (Å²) in [7, 11) is 2.08.